The molecule has 1 saturated heterocycles. The van der Waals surface area contributed by atoms with Crippen molar-refractivity contribution in [3.05, 3.63) is 41.6 Å². The Hall–Kier alpha value is -2.47. The largest absolute Gasteiger partial charge is 0.340 e. The highest BCUT2D eigenvalue weighted by Gasteiger charge is 2.19. The van der Waals surface area contributed by atoms with Crippen LogP contribution >= 0.6 is 0 Å². The fourth-order valence-corrected chi connectivity index (χ4v) is 3.19. The molecule has 6 nitrogen and oxygen atoms in total. The number of aromatic nitrogens is 2. The summed E-state index contributed by atoms with van der Waals surface area (Å²) in [5, 5.41) is 6.82. The highest BCUT2D eigenvalue weighted by atomic mass is 15.3. The SMILES string of the molecule is CC1CCNCCN1c1nccc(Nc2ccc3c(c2)C=NC3)n1. The van der Waals surface area contributed by atoms with Crippen molar-refractivity contribution in [1.82, 2.24) is 15.3 Å². The maximum atomic E-state index is 4.72. The van der Waals surface area contributed by atoms with Crippen LogP contribution < -0.4 is 15.5 Å². The van der Waals surface area contributed by atoms with E-state index in [1.54, 1.807) is 0 Å². The fraction of sp³-hybridized carbons (Fsp3) is 0.389. The van der Waals surface area contributed by atoms with Crippen molar-refractivity contribution in [1.29, 1.82) is 0 Å². The molecule has 1 unspecified atom stereocenters. The summed E-state index contributed by atoms with van der Waals surface area (Å²) >= 11 is 0. The average Bonchev–Trinajstić information content (AvgIpc) is 2.95. The van der Waals surface area contributed by atoms with E-state index in [0.29, 0.717) is 6.04 Å². The Morgan fingerprint density at radius 1 is 1.25 bits per heavy atom. The van der Waals surface area contributed by atoms with Crippen molar-refractivity contribution in [2.24, 2.45) is 4.99 Å². The smallest absolute Gasteiger partial charge is 0.227 e. The number of hydrogen-bond acceptors (Lipinski definition) is 6. The first-order chi connectivity index (χ1) is 11.8. The lowest BCUT2D eigenvalue weighted by atomic mass is 10.1. The van der Waals surface area contributed by atoms with Crippen molar-refractivity contribution in [3.63, 3.8) is 0 Å². The molecular formula is C18H22N6. The van der Waals surface area contributed by atoms with Crippen molar-refractivity contribution >= 4 is 23.7 Å². The van der Waals surface area contributed by atoms with Gasteiger partial charge in [-0.05, 0) is 49.2 Å². The van der Waals surface area contributed by atoms with Crippen LogP contribution in [-0.4, -0.2) is 41.9 Å². The molecule has 0 saturated carbocycles. The van der Waals surface area contributed by atoms with E-state index in [1.165, 1.54) is 11.1 Å². The van der Waals surface area contributed by atoms with Gasteiger partial charge in [0.2, 0.25) is 5.95 Å². The van der Waals surface area contributed by atoms with Gasteiger partial charge in [0, 0.05) is 37.2 Å². The minimum absolute atomic E-state index is 0.437. The van der Waals surface area contributed by atoms with Gasteiger partial charge < -0.3 is 15.5 Å². The zero-order chi connectivity index (χ0) is 16.4. The van der Waals surface area contributed by atoms with Crippen molar-refractivity contribution in [2.75, 3.05) is 29.9 Å². The van der Waals surface area contributed by atoms with E-state index in [1.807, 2.05) is 18.5 Å². The van der Waals surface area contributed by atoms with Gasteiger partial charge in [-0.2, -0.15) is 4.98 Å². The Bertz CT molecular complexity index is 757. The standard InChI is InChI=1S/C18H22N6/c1-13-4-6-19-8-9-24(13)18-21-7-5-17(23-18)22-16-3-2-14-11-20-12-15(14)10-16/h2-3,5,7,10,12-13,19H,4,6,8-9,11H2,1H3,(H,21,22,23). The van der Waals surface area contributed by atoms with Crippen LogP contribution in [0.15, 0.2) is 35.5 Å². The number of anilines is 3. The molecule has 0 radical (unpaired) electrons. The first-order valence-corrected chi connectivity index (χ1v) is 8.50. The molecule has 24 heavy (non-hydrogen) atoms. The van der Waals surface area contributed by atoms with Gasteiger partial charge in [0.25, 0.3) is 0 Å². The van der Waals surface area contributed by atoms with E-state index in [0.717, 1.165) is 50.1 Å². The van der Waals surface area contributed by atoms with Gasteiger partial charge in [0.15, 0.2) is 0 Å². The summed E-state index contributed by atoms with van der Waals surface area (Å²) in [6, 6.07) is 8.66. The molecule has 1 fully saturated rings. The molecular weight excluding hydrogens is 300 g/mol. The summed E-state index contributed by atoms with van der Waals surface area (Å²) in [4.78, 5) is 15.8. The van der Waals surface area contributed by atoms with Crippen LogP contribution in [0.3, 0.4) is 0 Å². The molecule has 0 aliphatic carbocycles. The van der Waals surface area contributed by atoms with Crippen LogP contribution in [0.25, 0.3) is 0 Å². The molecule has 2 aliphatic rings. The van der Waals surface area contributed by atoms with Gasteiger partial charge in [0.1, 0.15) is 5.82 Å². The third kappa shape index (κ3) is 3.10. The molecule has 2 N–H and O–H groups in total. The van der Waals surface area contributed by atoms with Gasteiger partial charge in [-0.3, -0.25) is 4.99 Å². The van der Waals surface area contributed by atoms with Gasteiger partial charge >= 0.3 is 0 Å². The summed E-state index contributed by atoms with van der Waals surface area (Å²) in [7, 11) is 0. The fourth-order valence-electron chi connectivity index (χ4n) is 3.19. The quantitative estimate of drug-likeness (QED) is 0.908. The molecule has 1 atom stereocenters. The lowest BCUT2D eigenvalue weighted by molar-refractivity contribution is 0.620. The summed E-state index contributed by atoms with van der Waals surface area (Å²) in [5.74, 6) is 1.61. The summed E-state index contributed by atoms with van der Waals surface area (Å²) in [6.07, 6.45) is 4.85. The van der Waals surface area contributed by atoms with Crippen molar-refractivity contribution < 1.29 is 0 Å². The third-order valence-electron chi connectivity index (χ3n) is 4.61. The summed E-state index contributed by atoms with van der Waals surface area (Å²) in [6.45, 7) is 5.96. The monoisotopic (exact) mass is 322 g/mol. The molecule has 0 bridgehead atoms. The average molecular weight is 322 g/mol. The number of benzene rings is 1. The summed E-state index contributed by atoms with van der Waals surface area (Å²) < 4.78 is 0. The second-order valence-corrected chi connectivity index (χ2v) is 6.33. The molecule has 1 aromatic heterocycles. The highest BCUT2D eigenvalue weighted by Crippen LogP contribution is 2.23. The Kier molecular flexibility index (Phi) is 4.13. The number of fused-ring (bicyclic) bond motifs is 1. The van der Waals surface area contributed by atoms with E-state index in [2.05, 4.69) is 50.6 Å². The predicted octanol–water partition coefficient (Wildman–Crippen LogP) is 2.34. The van der Waals surface area contributed by atoms with Gasteiger partial charge in [-0.1, -0.05) is 6.07 Å². The Morgan fingerprint density at radius 3 is 3.17 bits per heavy atom. The lowest BCUT2D eigenvalue weighted by Gasteiger charge is -2.26. The summed E-state index contributed by atoms with van der Waals surface area (Å²) in [5.41, 5.74) is 3.48. The first kappa shape index (κ1) is 15.1. The van der Waals surface area contributed by atoms with E-state index in [-0.39, 0.29) is 0 Å². The number of nitrogens with one attached hydrogen (secondary N) is 2. The van der Waals surface area contributed by atoms with Crippen LogP contribution in [-0.2, 0) is 6.54 Å². The van der Waals surface area contributed by atoms with E-state index in [4.69, 9.17) is 4.98 Å². The van der Waals surface area contributed by atoms with Gasteiger partial charge in [-0.15, -0.1) is 0 Å². The molecule has 2 aromatic rings. The molecule has 3 heterocycles. The van der Waals surface area contributed by atoms with Crippen LogP contribution in [0, 0.1) is 0 Å². The molecule has 0 amide bonds. The number of nitrogens with zero attached hydrogens (tertiary/aromatic N) is 4. The second-order valence-electron chi connectivity index (χ2n) is 6.33. The zero-order valence-electron chi connectivity index (χ0n) is 13.9. The van der Waals surface area contributed by atoms with Gasteiger partial charge in [-0.25, -0.2) is 4.98 Å². The minimum atomic E-state index is 0.437. The Labute approximate surface area is 142 Å². The third-order valence-corrected chi connectivity index (χ3v) is 4.61. The molecule has 124 valence electrons. The lowest BCUT2D eigenvalue weighted by Crippen LogP contribution is -2.35. The van der Waals surface area contributed by atoms with Crippen LogP contribution in [0.2, 0.25) is 0 Å². The van der Waals surface area contributed by atoms with E-state index < -0.39 is 0 Å². The zero-order valence-corrected chi connectivity index (χ0v) is 13.9. The van der Waals surface area contributed by atoms with Crippen LogP contribution in [0.5, 0.6) is 0 Å². The maximum absolute atomic E-state index is 4.72. The highest BCUT2D eigenvalue weighted by molar-refractivity contribution is 5.86. The van der Waals surface area contributed by atoms with Crippen molar-refractivity contribution in [2.45, 2.75) is 25.9 Å². The topological polar surface area (TPSA) is 65.4 Å². The molecule has 6 heteroatoms. The van der Waals surface area contributed by atoms with Crippen molar-refractivity contribution in [3.8, 4) is 0 Å². The minimum Gasteiger partial charge on any atom is -0.340 e. The van der Waals surface area contributed by atoms with Crippen LogP contribution in [0.4, 0.5) is 17.5 Å². The Morgan fingerprint density at radius 2 is 2.21 bits per heavy atom. The van der Waals surface area contributed by atoms with Crippen LogP contribution in [0.1, 0.15) is 24.5 Å². The molecule has 2 aliphatic heterocycles. The second kappa shape index (κ2) is 6.57. The maximum Gasteiger partial charge on any atom is 0.227 e. The molecule has 1 aromatic carbocycles. The molecule has 4 rings (SSSR count). The predicted molar refractivity (Wildman–Crippen MR) is 97.3 cm³/mol. The number of rotatable bonds is 3. The van der Waals surface area contributed by atoms with Gasteiger partial charge in [0.05, 0.1) is 6.54 Å². The first-order valence-electron chi connectivity index (χ1n) is 8.50. The Balaban J connectivity index is 1.55. The number of hydrogen-bond donors (Lipinski definition) is 2. The number of aliphatic imine (C=N–C) groups is 1. The molecule has 0 spiro atoms. The van der Waals surface area contributed by atoms with E-state index in [9.17, 15) is 0 Å². The van der Waals surface area contributed by atoms with E-state index >= 15 is 0 Å². The normalized spacial score (nSPS) is 19.9.